The van der Waals surface area contributed by atoms with Crippen LogP contribution in [0.2, 0.25) is 5.02 Å². The highest BCUT2D eigenvalue weighted by molar-refractivity contribution is 8.26. The lowest BCUT2D eigenvalue weighted by Crippen LogP contribution is -2.31. The van der Waals surface area contributed by atoms with Crippen molar-refractivity contribution in [1.82, 2.24) is 9.47 Å². The Labute approximate surface area is 196 Å². The zero-order valence-corrected chi connectivity index (χ0v) is 19.8. The molecule has 1 aliphatic heterocycles. The summed E-state index contributed by atoms with van der Waals surface area (Å²) in [6, 6.07) is 15.5. The molecule has 1 aliphatic rings. The Kier molecular flexibility index (Phi) is 6.70. The largest absolute Gasteiger partial charge is 0.492 e. The van der Waals surface area contributed by atoms with Crippen LogP contribution in [-0.4, -0.2) is 32.8 Å². The number of thiocarbonyl (C=S) groups is 1. The van der Waals surface area contributed by atoms with Crippen molar-refractivity contribution in [3.8, 4) is 5.75 Å². The molecule has 0 atom stereocenters. The maximum atomic E-state index is 12.9. The zero-order chi connectivity index (χ0) is 22.0. The van der Waals surface area contributed by atoms with E-state index < -0.39 is 0 Å². The molecule has 0 N–H and O–H groups in total. The summed E-state index contributed by atoms with van der Waals surface area (Å²) in [7, 11) is 0. The molecule has 160 valence electrons. The summed E-state index contributed by atoms with van der Waals surface area (Å²) in [5, 5.41) is 1.79. The zero-order valence-electron chi connectivity index (χ0n) is 17.4. The smallest absolute Gasteiger partial charge is 0.266 e. The number of halogens is 1. The summed E-state index contributed by atoms with van der Waals surface area (Å²) >= 11 is 12.7. The van der Waals surface area contributed by atoms with Crippen LogP contribution in [0.3, 0.4) is 0 Å². The number of nitrogens with zero attached hydrogens (tertiary/aromatic N) is 2. The van der Waals surface area contributed by atoms with E-state index in [9.17, 15) is 4.79 Å². The number of thioether (sulfide) groups is 1. The Balaban J connectivity index is 1.55. The van der Waals surface area contributed by atoms with Gasteiger partial charge >= 0.3 is 0 Å². The van der Waals surface area contributed by atoms with Crippen molar-refractivity contribution in [3.63, 3.8) is 0 Å². The second-order valence-electron chi connectivity index (χ2n) is 7.78. The average Bonchev–Trinajstić information content (AvgIpc) is 3.22. The summed E-state index contributed by atoms with van der Waals surface area (Å²) in [6.45, 7) is 6.03. The van der Waals surface area contributed by atoms with Gasteiger partial charge in [-0.2, -0.15) is 0 Å². The first kappa shape index (κ1) is 21.9. The van der Waals surface area contributed by atoms with Crippen LogP contribution in [0.1, 0.15) is 19.4 Å². The Morgan fingerprint density at radius 2 is 1.90 bits per heavy atom. The Morgan fingerprint density at radius 1 is 1.16 bits per heavy atom. The molecule has 0 unspecified atom stereocenters. The topological polar surface area (TPSA) is 34.5 Å². The number of hydrogen-bond acceptors (Lipinski definition) is 4. The van der Waals surface area contributed by atoms with Crippen LogP contribution in [0.25, 0.3) is 17.0 Å². The van der Waals surface area contributed by atoms with E-state index in [1.165, 1.54) is 11.8 Å². The number of hydrogen-bond donors (Lipinski definition) is 0. The summed E-state index contributed by atoms with van der Waals surface area (Å²) in [4.78, 5) is 15.2. The molecule has 3 aromatic rings. The predicted molar refractivity (Wildman–Crippen MR) is 134 cm³/mol. The van der Waals surface area contributed by atoms with E-state index in [2.05, 4.69) is 36.7 Å². The molecule has 4 nitrogen and oxygen atoms in total. The van der Waals surface area contributed by atoms with Gasteiger partial charge in [0.15, 0.2) is 0 Å². The van der Waals surface area contributed by atoms with Crippen LogP contribution in [-0.2, 0) is 11.3 Å². The first-order valence-corrected chi connectivity index (χ1v) is 11.7. The molecular formula is C24H23ClN2O2S2. The normalized spacial score (nSPS) is 15.6. The van der Waals surface area contributed by atoms with Gasteiger partial charge in [0.1, 0.15) is 16.7 Å². The first-order valence-electron chi connectivity index (χ1n) is 10.1. The van der Waals surface area contributed by atoms with Gasteiger partial charge in [0, 0.05) is 34.2 Å². The highest BCUT2D eigenvalue weighted by Gasteiger charge is 2.32. The van der Waals surface area contributed by atoms with Crippen molar-refractivity contribution in [3.05, 3.63) is 70.2 Å². The van der Waals surface area contributed by atoms with E-state index in [0.717, 1.165) is 22.2 Å². The number of ether oxygens (including phenoxy) is 1. The van der Waals surface area contributed by atoms with Crippen molar-refractivity contribution >= 4 is 62.8 Å². The van der Waals surface area contributed by atoms with E-state index in [1.807, 2.05) is 42.5 Å². The summed E-state index contributed by atoms with van der Waals surface area (Å²) < 4.78 is 8.65. The van der Waals surface area contributed by atoms with Gasteiger partial charge in [0.2, 0.25) is 0 Å². The number of carbonyl (C=O) groups excluding carboxylic acids is 1. The number of amides is 1. The number of benzene rings is 2. The van der Waals surface area contributed by atoms with Crippen molar-refractivity contribution in [2.75, 3.05) is 13.2 Å². The van der Waals surface area contributed by atoms with Crippen molar-refractivity contribution in [1.29, 1.82) is 0 Å². The van der Waals surface area contributed by atoms with E-state index in [4.69, 9.17) is 28.6 Å². The fourth-order valence-electron chi connectivity index (χ4n) is 3.53. The molecule has 0 saturated carbocycles. The number of rotatable bonds is 7. The molecule has 1 saturated heterocycles. The predicted octanol–water partition coefficient (Wildman–Crippen LogP) is 6.23. The molecule has 1 aromatic heterocycles. The SMILES string of the molecule is CC(C)CN1C(=O)/C(=C/c2cn(CCOc3ccc(Cl)cc3)c3ccccc23)SC1=S. The Hall–Kier alpha value is -2.28. The first-order chi connectivity index (χ1) is 14.9. The van der Waals surface area contributed by atoms with Gasteiger partial charge in [-0.05, 0) is 42.3 Å². The van der Waals surface area contributed by atoms with Gasteiger partial charge in [-0.1, -0.05) is 67.6 Å². The number of para-hydroxylation sites is 1. The van der Waals surface area contributed by atoms with Crippen LogP contribution < -0.4 is 4.74 Å². The lowest BCUT2D eigenvalue weighted by Gasteiger charge is -2.16. The average molecular weight is 471 g/mol. The molecular weight excluding hydrogens is 448 g/mol. The van der Waals surface area contributed by atoms with E-state index in [-0.39, 0.29) is 5.91 Å². The summed E-state index contributed by atoms with van der Waals surface area (Å²) in [5.74, 6) is 1.14. The molecule has 1 fully saturated rings. The van der Waals surface area contributed by atoms with E-state index >= 15 is 0 Å². The third kappa shape index (κ3) is 4.97. The fourth-order valence-corrected chi connectivity index (χ4v) is 4.92. The van der Waals surface area contributed by atoms with Gasteiger partial charge in [-0.25, -0.2) is 0 Å². The van der Waals surface area contributed by atoms with E-state index in [0.29, 0.717) is 39.9 Å². The van der Waals surface area contributed by atoms with Crippen molar-refractivity contribution < 1.29 is 9.53 Å². The quantitative estimate of drug-likeness (QED) is 0.303. The van der Waals surface area contributed by atoms with Crippen LogP contribution in [0.5, 0.6) is 5.75 Å². The van der Waals surface area contributed by atoms with Gasteiger partial charge < -0.3 is 9.30 Å². The molecule has 2 heterocycles. The van der Waals surface area contributed by atoms with Crippen molar-refractivity contribution in [2.24, 2.45) is 5.92 Å². The highest BCUT2D eigenvalue weighted by Crippen LogP contribution is 2.34. The minimum Gasteiger partial charge on any atom is -0.492 e. The van der Waals surface area contributed by atoms with E-state index in [1.54, 1.807) is 4.90 Å². The molecule has 0 aliphatic carbocycles. The third-order valence-electron chi connectivity index (χ3n) is 4.94. The third-order valence-corrected chi connectivity index (χ3v) is 6.57. The van der Waals surface area contributed by atoms with Crippen LogP contribution in [0.4, 0.5) is 0 Å². The molecule has 31 heavy (non-hydrogen) atoms. The van der Waals surface area contributed by atoms with Gasteiger partial charge in [-0.15, -0.1) is 0 Å². The lowest BCUT2D eigenvalue weighted by atomic mass is 10.1. The molecule has 4 rings (SSSR count). The van der Waals surface area contributed by atoms with Crippen LogP contribution in [0, 0.1) is 5.92 Å². The maximum Gasteiger partial charge on any atom is 0.266 e. The monoisotopic (exact) mass is 470 g/mol. The van der Waals surface area contributed by atoms with Gasteiger partial charge in [-0.3, -0.25) is 9.69 Å². The summed E-state index contributed by atoms with van der Waals surface area (Å²) in [6.07, 6.45) is 4.03. The lowest BCUT2D eigenvalue weighted by molar-refractivity contribution is -0.122. The summed E-state index contributed by atoms with van der Waals surface area (Å²) in [5.41, 5.74) is 2.11. The Morgan fingerprint density at radius 3 is 2.65 bits per heavy atom. The number of carbonyl (C=O) groups is 1. The molecule has 0 radical (unpaired) electrons. The van der Waals surface area contributed by atoms with Crippen LogP contribution >= 0.6 is 35.6 Å². The second-order valence-corrected chi connectivity index (χ2v) is 9.90. The highest BCUT2D eigenvalue weighted by atomic mass is 35.5. The van der Waals surface area contributed by atoms with Crippen molar-refractivity contribution in [2.45, 2.75) is 20.4 Å². The van der Waals surface area contributed by atoms with Gasteiger partial charge in [0.05, 0.1) is 11.4 Å². The van der Waals surface area contributed by atoms with Gasteiger partial charge in [0.25, 0.3) is 5.91 Å². The maximum absolute atomic E-state index is 12.9. The molecule has 1 amide bonds. The minimum absolute atomic E-state index is 0.00778. The minimum atomic E-state index is -0.00778. The standard InChI is InChI=1S/C24H23ClN2O2S2/c1-16(2)14-27-23(28)22(31-24(27)30)13-17-15-26(21-6-4-3-5-20(17)21)11-12-29-19-9-7-18(25)8-10-19/h3-10,13,15-16H,11-12,14H2,1-2H3/b22-13-. The molecule has 0 spiro atoms. The number of aromatic nitrogens is 1. The second kappa shape index (κ2) is 9.47. The van der Waals surface area contributed by atoms with Crippen LogP contribution in [0.15, 0.2) is 59.6 Å². The fraction of sp³-hybridized carbons (Fsp3) is 0.250. The number of fused-ring (bicyclic) bond motifs is 1. The molecule has 2 aromatic carbocycles. The Bertz CT molecular complexity index is 1150. The molecule has 0 bridgehead atoms. The molecule has 7 heteroatoms.